The first-order valence-electron chi connectivity index (χ1n) is 5.68. The molecule has 1 unspecified atom stereocenters. The average Bonchev–Trinajstić information content (AvgIpc) is 2.27. The molecule has 0 aromatic heterocycles. The molecular formula is C11H18Br2O4. The highest BCUT2D eigenvalue weighted by Gasteiger charge is 2.43. The summed E-state index contributed by atoms with van der Waals surface area (Å²) in [5.41, 5.74) is 0. The molecule has 0 aromatic rings. The zero-order valence-corrected chi connectivity index (χ0v) is 13.2. The maximum Gasteiger partial charge on any atom is 0.345 e. The van der Waals surface area contributed by atoms with Crippen LogP contribution in [0.3, 0.4) is 0 Å². The minimum Gasteiger partial charge on any atom is -0.479 e. The summed E-state index contributed by atoms with van der Waals surface area (Å²) in [6.45, 7) is 4.01. The molecule has 0 spiro atoms. The molecule has 0 rings (SSSR count). The third kappa shape index (κ3) is 5.86. The fourth-order valence-electron chi connectivity index (χ4n) is 1.28. The van der Waals surface area contributed by atoms with Crippen LogP contribution in [0.25, 0.3) is 0 Å². The van der Waals surface area contributed by atoms with Crippen LogP contribution in [-0.2, 0) is 14.3 Å². The van der Waals surface area contributed by atoms with Crippen molar-refractivity contribution >= 4 is 43.8 Å². The van der Waals surface area contributed by atoms with Gasteiger partial charge in [-0.1, -0.05) is 26.7 Å². The van der Waals surface area contributed by atoms with Crippen molar-refractivity contribution < 1.29 is 19.4 Å². The van der Waals surface area contributed by atoms with E-state index in [-0.39, 0.29) is 6.10 Å². The van der Waals surface area contributed by atoms with E-state index in [9.17, 15) is 9.59 Å². The molecule has 0 aliphatic rings. The van der Waals surface area contributed by atoms with Crippen LogP contribution in [0.5, 0.6) is 0 Å². The summed E-state index contributed by atoms with van der Waals surface area (Å²) in [6.07, 6.45) is 4.40. The Hall–Kier alpha value is -0.100. The Morgan fingerprint density at radius 3 is 2.29 bits per heavy atom. The Morgan fingerprint density at radius 2 is 1.88 bits per heavy atom. The minimum atomic E-state index is -1.84. The van der Waals surface area contributed by atoms with Gasteiger partial charge < -0.3 is 9.84 Å². The summed E-state index contributed by atoms with van der Waals surface area (Å²) < 4.78 is 3.32. The number of aliphatic carboxylic acids is 1. The third-order valence-corrected chi connectivity index (χ3v) is 3.71. The third-order valence-electron chi connectivity index (χ3n) is 2.38. The predicted octanol–water partition coefficient (Wildman–Crippen LogP) is 3.46. The fourth-order valence-corrected chi connectivity index (χ4v) is 1.47. The van der Waals surface area contributed by atoms with Gasteiger partial charge in [-0.05, 0) is 51.1 Å². The van der Waals surface area contributed by atoms with Gasteiger partial charge in [0.2, 0.25) is 0 Å². The lowest BCUT2D eigenvalue weighted by Gasteiger charge is -2.20. The van der Waals surface area contributed by atoms with Gasteiger partial charge in [0.05, 0.1) is 0 Å². The molecular weight excluding hydrogens is 356 g/mol. The number of rotatable bonds is 8. The molecule has 0 amide bonds. The predicted molar refractivity (Wildman–Crippen MR) is 72.5 cm³/mol. The zero-order valence-electron chi connectivity index (χ0n) is 10.0. The zero-order chi connectivity index (χ0) is 13.5. The van der Waals surface area contributed by atoms with Gasteiger partial charge in [-0.25, -0.2) is 9.59 Å². The summed E-state index contributed by atoms with van der Waals surface area (Å²) in [5.74, 6) is -2.13. The molecule has 6 heteroatoms. The van der Waals surface area contributed by atoms with Crippen molar-refractivity contribution in [1.82, 2.24) is 0 Å². The van der Waals surface area contributed by atoms with E-state index in [2.05, 4.69) is 38.8 Å². The second-order valence-corrected chi connectivity index (χ2v) is 7.25. The Balaban J connectivity index is 4.28. The highest BCUT2D eigenvalue weighted by atomic mass is 79.9. The number of halogens is 2. The van der Waals surface area contributed by atoms with Crippen LogP contribution in [-0.4, -0.2) is 26.4 Å². The van der Waals surface area contributed by atoms with E-state index in [0.717, 1.165) is 25.7 Å². The summed E-state index contributed by atoms with van der Waals surface area (Å²) in [4.78, 5) is 22.4. The van der Waals surface area contributed by atoms with Gasteiger partial charge in [-0.3, -0.25) is 0 Å². The van der Waals surface area contributed by atoms with Crippen LogP contribution in [0.15, 0.2) is 0 Å². The van der Waals surface area contributed by atoms with Gasteiger partial charge >= 0.3 is 11.9 Å². The number of hydrogen-bond donors (Lipinski definition) is 1. The quantitative estimate of drug-likeness (QED) is 0.306. The van der Waals surface area contributed by atoms with Crippen molar-refractivity contribution in [1.29, 1.82) is 0 Å². The van der Waals surface area contributed by atoms with Crippen molar-refractivity contribution in [2.75, 3.05) is 0 Å². The van der Waals surface area contributed by atoms with E-state index in [1.54, 1.807) is 0 Å². The van der Waals surface area contributed by atoms with Crippen LogP contribution in [0.1, 0.15) is 46.0 Å². The van der Waals surface area contributed by atoms with Crippen molar-refractivity contribution in [3.63, 3.8) is 0 Å². The second-order valence-electron chi connectivity index (χ2n) is 3.81. The van der Waals surface area contributed by atoms with E-state index in [1.165, 1.54) is 0 Å². The highest BCUT2D eigenvalue weighted by Crippen LogP contribution is 2.29. The number of esters is 1. The van der Waals surface area contributed by atoms with E-state index < -0.39 is 15.2 Å². The molecule has 0 radical (unpaired) electrons. The molecule has 0 saturated heterocycles. The first kappa shape index (κ1) is 16.9. The standard InChI is InChI=1S/C11H18Br2O4/c1-3-5-6-7-8(4-2)17-10(16)11(12,13)9(14)15/h8H,3-7H2,1-2H3,(H,14,15). The topological polar surface area (TPSA) is 63.6 Å². The van der Waals surface area contributed by atoms with E-state index in [1.807, 2.05) is 6.92 Å². The molecule has 1 atom stereocenters. The van der Waals surface area contributed by atoms with E-state index in [0.29, 0.717) is 6.42 Å². The van der Waals surface area contributed by atoms with Gasteiger partial charge in [0.25, 0.3) is 3.23 Å². The normalized spacial score (nSPS) is 13.2. The van der Waals surface area contributed by atoms with Gasteiger partial charge in [-0.2, -0.15) is 0 Å². The number of unbranched alkanes of at least 4 members (excludes halogenated alkanes) is 2. The van der Waals surface area contributed by atoms with Crippen molar-refractivity contribution in [3.8, 4) is 0 Å². The maximum atomic E-state index is 11.6. The van der Waals surface area contributed by atoms with Crippen molar-refractivity contribution in [2.24, 2.45) is 0 Å². The Labute approximate surface area is 118 Å². The molecule has 1 N–H and O–H groups in total. The fraction of sp³-hybridized carbons (Fsp3) is 0.818. The molecule has 0 aliphatic heterocycles. The maximum absolute atomic E-state index is 11.6. The average molecular weight is 374 g/mol. The van der Waals surface area contributed by atoms with Crippen LogP contribution in [0, 0.1) is 0 Å². The Kier molecular flexibility index (Phi) is 8.03. The second kappa shape index (κ2) is 8.08. The molecule has 0 fully saturated rings. The van der Waals surface area contributed by atoms with Crippen LogP contribution >= 0.6 is 31.9 Å². The molecule has 0 saturated carbocycles. The highest BCUT2D eigenvalue weighted by molar-refractivity contribution is 9.26. The Bertz CT molecular complexity index is 266. The molecule has 0 bridgehead atoms. The smallest absolute Gasteiger partial charge is 0.345 e. The summed E-state index contributed by atoms with van der Waals surface area (Å²) in [6, 6.07) is 0. The Morgan fingerprint density at radius 1 is 1.29 bits per heavy atom. The number of hydrogen-bond acceptors (Lipinski definition) is 3. The van der Waals surface area contributed by atoms with E-state index in [4.69, 9.17) is 9.84 Å². The first-order valence-corrected chi connectivity index (χ1v) is 7.27. The van der Waals surface area contributed by atoms with Crippen LogP contribution in [0.2, 0.25) is 0 Å². The van der Waals surface area contributed by atoms with Gasteiger partial charge in [0, 0.05) is 0 Å². The number of alkyl halides is 2. The lowest BCUT2D eigenvalue weighted by atomic mass is 10.1. The molecule has 0 aromatic carbocycles. The molecule has 100 valence electrons. The molecule has 17 heavy (non-hydrogen) atoms. The number of carbonyl (C=O) groups excluding carboxylic acids is 1. The lowest BCUT2D eigenvalue weighted by Crippen LogP contribution is -2.38. The SMILES string of the molecule is CCCCCC(CC)OC(=O)C(Br)(Br)C(=O)O. The van der Waals surface area contributed by atoms with Gasteiger partial charge in [-0.15, -0.1) is 0 Å². The number of carbonyl (C=O) groups is 2. The van der Waals surface area contributed by atoms with Crippen molar-refractivity contribution in [2.45, 2.75) is 55.3 Å². The number of carboxylic acids is 1. The van der Waals surface area contributed by atoms with Gasteiger partial charge in [0.1, 0.15) is 6.10 Å². The van der Waals surface area contributed by atoms with E-state index >= 15 is 0 Å². The monoisotopic (exact) mass is 372 g/mol. The number of carboxylic acid groups (broad SMARTS) is 1. The largest absolute Gasteiger partial charge is 0.479 e. The molecule has 4 nitrogen and oxygen atoms in total. The molecule has 0 heterocycles. The molecule has 0 aliphatic carbocycles. The lowest BCUT2D eigenvalue weighted by molar-refractivity contribution is -0.155. The minimum absolute atomic E-state index is 0.220. The summed E-state index contributed by atoms with van der Waals surface area (Å²) in [7, 11) is 0. The number of ether oxygens (including phenoxy) is 1. The van der Waals surface area contributed by atoms with Crippen molar-refractivity contribution in [3.05, 3.63) is 0 Å². The first-order chi connectivity index (χ1) is 7.86. The van der Waals surface area contributed by atoms with Crippen LogP contribution in [0.4, 0.5) is 0 Å². The summed E-state index contributed by atoms with van der Waals surface area (Å²) in [5, 5.41) is 8.82. The van der Waals surface area contributed by atoms with Crippen LogP contribution < -0.4 is 0 Å². The summed E-state index contributed by atoms with van der Waals surface area (Å²) >= 11 is 5.59. The van der Waals surface area contributed by atoms with Gasteiger partial charge in [0.15, 0.2) is 0 Å².